The van der Waals surface area contributed by atoms with E-state index in [4.69, 9.17) is 14.6 Å². The molecule has 176 valence electrons. The Morgan fingerprint density at radius 3 is 2.58 bits per heavy atom. The molecule has 0 aliphatic carbocycles. The van der Waals surface area contributed by atoms with Gasteiger partial charge in [0, 0.05) is 38.4 Å². The molecule has 0 bridgehead atoms. The summed E-state index contributed by atoms with van der Waals surface area (Å²) in [6, 6.07) is 9.05. The molecule has 1 N–H and O–H groups in total. The monoisotopic (exact) mass is 455 g/mol. The molecule has 0 fully saturated rings. The minimum atomic E-state index is -1.09. The summed E-state index contributed by atoms with van der Waals surface area (Å²) in [4.78, 5) is 25.9. The van der Waals surface area contributed by atoms with Crippen molar-refractivity contribution in [3.05, 3.63) is 59.7 Å². The molecule has 1 aromatic carbocycles. The first kappa shape index (κ1) is 23.8. The molecule has 0 aliphatic rings. The maximum atomic E-state index is 13.1. The van der Waals surface area contributed by atoms with Gasteiger partial charge in [-0.15, -0.1) is 0 Å². The normalized spacial score (nSPS) is 10.8. The third kappa shape index (κ3) is 6.12. The van der Waals surface area contributed by atoms with Crippen LogP contribution in [0.4, 0.5) is 0 Å². The predicted molar refractivity (Wildman–Crippen MR) is 120 cm³/mol. The molecule has 10 heteroatoms. The van der Waals surface area contributed by atoms with E-state index in [9.17, 15) is 9.59 Å². The van der Waals surface area contributed by atoms with E-state index < -0.39 is 5.97 Å². The molecule has 3 aromatic rings. The van der Waals surface area contributed by atoms with E-state index in [2.05, 4.69) is 10.2 Å². The Hall–Kier alpha value is -3.82. The highest BCUT2D eigenvalue weighted by atomic mass is 16.5. The van der Waals surface area contributed by atoms with Crippen LogP contribution in [0.15, 0.2) is 42.7 Å². The standard InChI is InChI=1S/C23H29N5O5/c1-4-28-18(7-11-24-28)16-26(12-8-17-5-6-20(32-2)21(15-17)33-3)22(29)10-14-27-13-9-19(25-27)23(30)31/h5-7,9,11,13,15H,4,8,10,12,14,16H2,1-3H3,(H,30,31). The third-order valence-corrected chi connectivity index (χ3v) is 5.34. The fourth-order valence-electron chi connectivity index (χ4n) is 3.54. The van der Waals surface area contributed by atoms with Crippen molar-refractivity contribution in [2.45, 2.75) is 39.4 Å². The van der Waals surface area contributed by atoms with Crippen LogP contribution in [0.2, 0.25) is 0 Å². The zero-order valence-corrected chi connectivity index (χ0v) is 19.1. The Labute approximate surface area is 192 Å². The van der Waals surface area contributed by atoms with E-state index in [1.54, 1.807) is 31.5 Å². The number of carbonyl (C=O) groups is 2. The van der Waals surface area contributed by atoms with Crippen molar-refractivity contribution in [2.24, 2.45) is 0 Å². The zero-order valence-electron chi connectivity index (χ0n) is 19.1. The van der Waals surface area contributed by atoms with Crippen molar-refractivity contribution in [2.75, 3.05) is 20.8 Å². The molecule has 0 atom stereocenters. The van der Waals surface area contributed by atoms with E-state index in [-0.39, 0.29) is 18.0 Å². The topological polar surface area (TPSA) is 112 Å². The molecule has 0 saturated heterocycles. The quantitative estimate of drug-likeness (QED) is 0.446. The number of amides is 1. The number of methoxy groups -OCH3 is 2. The SMILES string of the molecule is CCn1nccc1CN(CCc1ccc(OC)c(OC)c1)C(=O)CCn1ccc(C(=O)O)n1. The van der Waals surface area contributed by atoms with Crippen LogP contribution in [0, 0.1) is 0 Å². The summed E-state index contributed by atoms with van der Waals surface area (Å²) in [7, 11) is 3.18. The Morgan fingerprint density at radius 2 is 1.91 bits per heavy atom. The van der Waals surface area contributed by atoms with E-state index in [0.717, 1.165) is 11.3 Å². The first-order valence-corrected chi connectivity index (χ1v) is 10.7. The second-order valence-electron chi connectivity index (χ2n) is 7.41. The summed E-state index contributed by atoms with van der Waals surface area (Å²) in [6.45, 7) is 3.95. The number of rotatable bonds is 12. The van der Waals surface area contributed by atoms with Crippen LogP contribution in [-0.2, 0) is 30.8 Å². The number of aromatic nitrogens is 4. The molecule has 10 nitrogen and oxygen atoms in total. The van der Waals surface area contributed by atoms with Crippen molar-refractivity contribution < 1.29 is 24.2 Å². The van der Waals surface area contributed by atoms with Gasteiger partial charge in [0.05, 0.1) is 26.5 Å². The molecule has 2 aromatic heterocycles. The fraction of sp³-hybridized carbons (Fsp3) is 0.391. The molecule has 1 amide bonds. The molecule has 0 saturated carbocycles. The van der Waals surface area contributed by atoms with Gasteiger partial charge in [0.1, 0.15) is 0 Å². The number of hydrogen-bond donors (Lipinski definition) is 1. The Morgan fingerprint density at radius 1 is 1.12 bits per heavy atom. The lowest BCUT2D eigenvalue weighted by molar-refractivity contribution is -0.132. The van der Waals surface area contributed by atoms with Crippen LogP contribution in [0.5, 0.6) is 11.5 Å². The fourth-order valence-corrected chi connectivity index (χ4v) is 3.54. The largest absolute Gasteiger partial charge is 0.493 e. The Kier molecular flexibility index (Phi) is 8.06. The summed E-state index contributed by atoms with van der Waals surface area (Å²) >= 11 is 0. The first-order chi connectivity index (χ1) is 15.9. The number of carboxylic acids is 1. The van der Waals surface area contributed by atoms with Gasteiger partial charge in [0.2, 0.25) is 5.91 Å². The number of ether oxygens (including phenoxy) is 2. The van der Waals surface area contributed by atoms with E-state index >= 15 is 0 Å². The molecular weight excluding hydrogens is 426 g/mol. The summed E-state index contributed by atoms with van der Waals surface area (Å²) in [5.41, 5.74) is 1.93. The second kappa shape index (κ2) is 11.2. The van der Waals surface area contributed by atoms with Crippen LogP contribution in [-0.4, -0.2) is 62.2 Å². The van der Waals surface area contributed by atoms with Crippen molar-refractivity contribution >= 4 is 11.9 Å². The van der Waals surface area contributed by atoms with Crippen molar-refractivity contribution in [1.29, 1.82) is 0 Å². The van der Waals surface area contributed by atoms with Crippen LogP contribution >= 0.6 is 0 Å². The number of carboxylic acid groups (broad SMARTS) is 1. The summed E-state index contributed by atoms with van der Waals surface area (Å²) in [5.74, 6) is 0.155. The minimum absolute atomic E-state index is 0.0420. The van der Waals surface area contributed by atoms with Gasteiger partial charge >= 0.3 is 5.97 Å². The Balaban J connectivity index is 1.71. The number of nitrogens with zero attached hydrogens (tertiary/aromatic N) is 5. The minimum Gasteiger partial charge on any atom is -0.493 e. The molecule has 0 radical (unpaired) electrons. The van der Waals surface area contributed by atoms with E-state index in [0.29, 0.717) is 44.1 Å². The first-order valence-electron chi connectivity index (χ1n) is 10.7. The summed E-state index contributed by atoms with van der Waals surface area (Å²) in [5, 5.41) is 17.3. The zero-order chi connectivity index (χ0) is 23.8. The van der Waals surface area contributed by atoms with Gasteiger partial charge in [-0.2, -0.15) is 10.2 Å². The maximum absolute atomic E-state index is 13.1. The number of aromatic carboxylic acids is 1. The highest BCUT2D eigenvalue weighted by Crippen LogP contribution is 2.27. The lowest BCUT2D eigenvalue weighted by Gasteiger charge is -2.23. The average Bonchev–Trinajstić information content (AvgIpc) is 3.49. The molecular formula is C23H29N5O5. The third-order valence-electron chi connectivity index (χ3n) is 5.34. The van der Waals surface area contributed by atoms with E-state index in [1.807, 2.05) is 35.9 Å². The smallest absolute Gasteiger partial charge is 0.356 e. The van der Waals surface area contributed by atoms with Gasteiger partial charge in [-0.3, -0.25) is 14.2 Å². The summed E-state index contributed by atoms with van der Waals surface area (Å²) in [6.07, 6.45) is 4.13. The highest BCUT2D eigenvalue weighted by Gasteiger charge is 2.17. The highest BCUT2D eigenvalue weighted by molar-refractivity contribution is 5.85. The molecule has 0 unspecified atom stereocenters. The van der Waals surface area contributed by atoms with Gasteiger partial charge in [-0.05, 0) is 43.2 Å². The lowest BCUT2D eigenvalue weighted by Crippen LogP contribution is -2.34. The number of aryl methyl sites for hydroxylation is 2. The number of carbonyl (C=O) groups excluding carboxylic acids is 1. The molecule has 3 rings (SSSR count). The van der Waals surface area contributed by atoms with Gasteiger partial charge in [0.15, 0.2) is 17.2 Å². The van der Waals surface area contributed by atoms with Crippen molar-refractivity contribution in [3.8, 4) is 11.5 Å². The van der Waals surface area contributed by atoms with Gasteiger partial charge in [0.25, 0.3) is 0 Å². The van der Waals surface area contributed by atoms with Gasteiger partial charge in [-0.1, -0.05) is 6.07 Å². The Bertz CT molecular complexity index is 1090. The van der Waals surface area contributed by atoms with Gasteiger partial charge in [-0.25, -0.2) is 4.79 Å². The molecule has 0 spiro atoms. The van der Waals surface area contributed by atoms with Crippen LogP contribution in [0.3, 0.4) is 0 Å². The van der Waals surface area contributed by atoms with Crippen LogP contribution in [0.1, 0.15) is 35.1 Å². The van der Waals surface area contributed by atoms with Gasteiger partial charge < -0.3 is 19.5 Å². The lowest BCUT2D eigenvalue weighted by atomic mass is 10.1. The maximum Gasteiger partial charge on any atom is 0.356 e. The van der Waals surface area contributed by atoms with Crippen LogP contribution in [0.25, 0.3) is 0 Å². The number of benzene rings is 1. The summed E-state index contributed by atoms with van der Waals surface area (Å²) < 4.78 is 14.0. The molecule has 2 heterocycles. The van der Waals surface area contributed by atoms with Crippen molar-refractivity contribution in [3.63, 3.8) is 0 Å². The second-order valence-corrected chi connectivity index (χ2v) is 7.41. The number of hydrogen-bond acceptors (Lipinski definition) is 6. The average molecular weight is 456 g/mol. The molecule has 33 heavy (non-hydrogen) atoms. The van der Waals surface area contributed by atoms with Crippen LogP contribution < -0.4 is 9.47 Å². The predicted octanol–water partition coefficient (Wildman–Crippen LogP) is 2.48. The molecule has 0 aliphatic heterocycles. The van der Waals surface area contributed by atoms with Crippen molar-refractivity contribution in [1.82, 2.24) is 24.5 Å². The van der Waals surface area contributed by atoms with E-state index in [1.165, 1.54) is 10.7 Å².